The fraction of sp³-hybridized carbons (Fsp3) is 0.286. The number of H-pyrrole nitrogens is 1. The SMILES string of the molecule is COc1cc(OC)c2cc(C(=O)NCc3ccc(N(C)C)cc3)[nH]c2c1OC. The molecule has 0 radical (unpaired) electrons. The van der Waals surface area contributed by atoms with Crippen molar-refractivity contribution in [2.24, 2.45) is 0 Å². The molecule has 7 nitrogen and oxygen atoms in total. The minimum absolute atomic E-state index is 0.212. The van der Waals surface area contributed by atoms with Gasteiger partial charge in [-0.05, 0) is 23.8 Å². The molecule has 0 fully saturated rings. The van der Waals surface area contributed by atoms with E-state index in [1.54, 1.807) is 33.5 Å². The van der Waals surface area contributed by atoms with Crippen LogP contribution >= 0.6 is 0 Å². The molecule has 2 N–H and O–H groups in total. The van der Waals surface area contributed by atoms with Gasteiger partial charge in [0.1, 0.15) is 11.4 Å². The molecular weight excluding hydrogens is 358 g/mol. The monoisotopic (exact) mass is 383 g/mol. The second-order valence-electron chi connectivity index (χ2n) is 6.53. The topological polar surface area (TPSA) is 75.8 Å². The van der Waals surface area contributed by atoms with Crippen molar-refractivity contribution in [3.05, 3.63) is 47.7 Å². The molecule has 7 heteroatoms. The third-order valence-corrected chi connectivity index (χ3v) is 4.59. The van der Waals surface area contributed by atoms with Crippen LogP contribution in [0.3, 0.4) is 0 Å². The number of nitrogens with zero attached hydrogens (tertiary/aromatic N) is 1. The predicted octanol–water partition coefficient (Wildman–Crippen LogP) is 3.19. The summed E-state index contributed by atoms with van der Waals surface area (Å²) in [7, 11) is 8.67. The number of aromatic nitrogens is 1. The maximum atomic E-state index is 12.7. The normalized spacial score (nSPS) is 10.6. The number of methoxy groups -OCH3 is 3. The highest BCUT2D eigenvalue weighted by atomic mass is 16.5. The van der Waals surface area contributed by atoms with Crippen LogP contribution in [0.5, 0.6) is 17.2 Å². The number of nitrogens with one attached hydrogen (secondary N) is 2. The Hall–Kier alpha value is -3.35. The number of hydrogen-bond donors (Lipinski definition) is 2. The summed E-state index contributed by atoms with van der Waals surface area (Å²) >= 11 is 0. The van der Waals surface area contributed by atoms with Crippen molar-refractivity contribution in [2.45, 2.75) is 6.54 Å². The first-order valence-electron chi connectivity index (χ1n) is 8.84. The third kappa shape index (κ3) is 3.69. The van der Waals surface area contributed by atoms with Gasteiger partial charge in [-0.25, -0.2) is 0 Å². The van der Waals surface area contributed by atoms with Crippen molar-refractivity contribution >= 4 is 22.5 Å². The molecule has 1 aromatic heterocycles. The van der Waals surface area contributed by atoms with E-state index < -0.39 is 0 Å². The van der Waals surface area contributed by atoms with Crippen LogP contribution in [-0.2, 0) is 6.54 Å². The van der Waals surface area contributed by atoms with Gasteiger partial charge in [-0.3, -0.25) is 4.79 Å². The molecule has 0 spiro atoms. The first-order chi connectivity index (χ1) is 13.5. The molecule has 0 saturated carbocycles. The van der Waals surface area contributed by atoms with E-state index in [0.29, 0.717) is 35.0 Å². The number of anilines is 1. The lowest BCUT2D eigenvalue weighted by atomic mass is 10.2. The zero-order valence-electron chi connectivity index (χ0n) is 16.8. The fourth-order valence-corrected chi connectivity index (χ4v) is 3.05. The second kappa shape index (κ2) is 8.12. The lowest BCUT2D eigenvalue weighted by Gasteiger charge is -2.12. The minimum atomic E-state index is -0.212. The van der Waals surface area contributed by atoms with Crippen molar-refractivity contribution in [3.63, 3.8) is 0 Å². The van der Waals surface area contributed by atoms with E-state index in [0.717, 1.165) is 16.6 Å². The van der Waals surface area contributed by atoms with Crippen molar-refractivity contribution in [2.75, 3.05) is 40.3 Å². The summed E-state index contributed by atoms with van der Waals surface area (Å²) in [6.07, 6.45) is 0. The molecule has 1 amide bonds. The molecule has 1 heterocycles. The van der Waals surface area contributed by atoms with Gasteiger partial charge < -0.3 is 29.4 Å². The molecule has 2 aromatic carbocycles. The number of carbonyl (C=O) groups excluding carboxylic acids is 1. The number of rotatable bonds is 7. The van der Waals surface area contributed by atoms with Gasteiger partial charge in [0.2, 0.25) is 0 Å². The van der Waals surface area contributed by atoms with Crippen molar-refractivity contribution in [1.29, 1.82) is 0 Å². The largest absolute Gasteiger partial charge is 0.496 e. The Morgan fingerprint density at radius 2 is 1.68 bits per heavy atom. The maximum absolute atomic E-state index is 12.7. The van der Waals surface area contributed by atoms with E-state index in [1.807, 2.05) is 43.3 Å². The van der Waals surface area contributed by atoms with Gasteiger partial charge in [-0.15, -0.1) is 0 Å². The standard InChI is InChI=1S/C21H25N3O4/c1-24(2)14-8-6-13(7-9-14)12-22-21(25)16-10-15-17(26-3)11-18(27-4)20(28-5)19(15)23-16/h6-11,23H,12H2,1-5H3,(H,22,25). The van der Waals surface area contributed by atoms with Crippen LogP contribution in [0.25, 0.3) is 10.9 Å². The van der Waals surface area contributed by atoms with Gasteiger partial charge in [-0.2, -0.15) is 0 Å². The first kappa shape index (κ1) is 19.4. The number of aromatic amines is 1. The van der Waals surface area contributed by atoms with Crippen molar-refractivity contribution in [1.82, 2.24) is 10.3 Å². The number of fused-ring (bicyclic) bond motifs is 1. The first-order valence-corrected chi connectivity index (χ1v) is 8.84. The Morgan fingerprint density at radius 1 is 1.00 bits per heavy atom. The zero-order chi connectivity index (χ0) is 20.3. The van der Waals surface area contributed by atoms with E-state index in [2.05, 4.69) is 10.3 Å². The van der Waals surface area contributed by atoms with Crippen LogP contribution in [0.1, 0.15) is 16.1 Å². The molecule has 0 aliphatic carbocycles. The Balaban J connectivity index is 1.83. The molecule has 0 atom stereocenters. The molecule has 0 aliphatic rings. The quantitative estimate of drug-likeness (QED) is 0.655. The van der Waals surface area contributed by atoms with Crippen LogP contribution < -0.4 is 24.4 Å². The summed E-state index contributed by atoms with van der Waals surface area (Å²) in [6, 6.07) is 11.5. The highest BCUT2D eigenvalue weighted by Crippen LogP contribution is 2.41. The van der Waals surface area contributed by atoms with Crippen LogP contribution in [-0.4, -0.2) is 46.3 Å². The van der Waals surface area contributed by atoms with Crippen molar-refractivity contribution in [3.8, 4) is 17.2 Å². The minimum Gasteiger partial charge on any atom is -0.496 e. The average Bonchev–Trinajstić information content (AvgIpc) is 3.16. The van der Waals surface area contributed by atoms with Gasteiger partial charge in [0.15, 0.2) is 11.5 Å². The molecule has 0 bridgehead atoms. The summed E-state index contributed by atoms with van der Waals surface area (Å²) in [5, 5.41) is 3.68. The van der Waals surface area contributed by atoms with Crippen LogP contribution in [0, 0.1) is 0 Å². The predicted molar refractivity (Wildman–Crippen MR) is 110 cm³/mol. The Kier molecular flexibility index (Phi) is 5.63. The Morgan fingerprint density at radius 3 is 2.25 bits per heavy atom. The molecule has 148 valence electrons. The number of hydrogen-bond acceptors (Lipinski definition) is 5. The highest BCUT2D eigenvalue weighted by molar-refractivity contribution is 6.02. The van der Waals surface area contributed by atoms with E-state index in [-0.39, 0.29) is 5.91 Å². The number of amides is 1. The van der Waals surface area contributed by atoms with E-state index >= 15 is 0 Å². The Bertz CT molecular complexity index is 977. The lowest BCUT2D eigenvalue weighted by Crippen LogP contribution is -2.23. The summed E-state index contributed by atoms with van der Waals surface area (Å²) in [5.41, 5.74) is 3.20. The van der Waals surface area contributed by atoms with Crippen LogP contribution in [0.4, 0.5) is 5.69 Å². The van der Waals surface area contributed by atoms with E-state index in [4.69, 9.17) is 14.2 Å². The smallest absolute Gasteiger partial charge is 0.268 e. The third-order valence-electron chi connectivity index (χ3n) is 4.59. The van der Waals surface area contributed by atoms with E-state index in [9.17, 15) is 4.79 Å². The van der Waals surface area contributed by atoms with Gasteiger partial charge in [0.25, 0.3) is 5.91 Å². The molecule has 0 unspecified atom stereocenters. The maximum Gasteiger partial charge on any atom is 0.268 e. The molecule has 0 saturated heterocycles. The van der Waals surface area contributed by atoms with Gasteiger partial charge >= 0.3 is 0 Å². The summed E-state index contributed by atoms with van der Waals surface area (Å²) in [4.78, 5) is 17.8. The molecule has 28 heavy (non-hydrogen) atoms. The van der Waals surface area contributed by atoms with Gasteiger partial charge in [0, 0.05) is 37.8 Å². The van der Waals surface area contributed by atoms with Gasteiger partial charge in [-0.1, -0.05) is 12.1 Å². The molecule has 0 aliphatic heterocycles. The van der Waals surface area contributed by atoms with Crippen molar-refractivity contribution < 1.29 is 19.0 Å². The summed E-state index contributed by atoms with van der Waals surface area (Å²) in [5.74, 6) is 1.44. The molecule has 3 aromatic rings. The molecule has 3 rings (SSSR count). The number of ether oxygens (including phenoxy) is 3. The van der Waals surface area contributed by atoms with E-state index in [1.165, 1.54) is 0 Å². The highest BCUT2D eigenvalue weighted by Gasteiger charge is 2.19. The lowest BCUT2D eigenvalue weighted by molar-refractivity contribution is 0.0946. The fourth-order valence-electron chi connectivity index (χ4n) is 3.05. The molecular formula is C21H25N3O4. The Labute approximate surface area is 164 Å². The number of carbonyl (C=O) groups is 1. The second-order valence-corrected chi connectivity index (χ2v) is 6.53. The summed E-state index contributed by atoms with van der Waals surface area (Å²) < 4.78 is 16.2. The average molecular weight is 383 g/mol. The van der Waals surface area contributed by atoms with Crippen LogP contribution in [0.15, 0.2) is 36.4 Å². The number of benzene rings is 2. The van der Waals surface area contributed by atoms with Gasteiger partial charge in [0.05, 0.1) is 26.8 Å². The zero-order valence-corrected chi connectivity index (χ0v) is 16.8. The summed E-state index contributed by atoms with van der Waals surface area (Å²) in [6.45, 7) is 0.430. The van der Waals surface area contributed by atoms with Crippen LogP contribution in [0.2, 0.25) is 0 Å².